The number of carbonyl (C=O) groups is 1. The molecule has 4 nitrogen and oxygen atoms in total. The fraction of sp³-hybridized carbons (Fsp3) is 0.385. The fourth-order valence-corrected chi connectivity index (χ4v) is 4.16. The second kappa shape index (κ2) is 8.47. The van der Waals surface area contributed by atoms with Crippen LogP contribution in [0, 0.1) is 0 Å². The number of oxime groups is 1. The lowest BCUT2D eigenvalue weighted by atomic mass is 9.63. The molecule has 0 unspecified atom stereocenters. The van der Waals surface area contributed by atoms with E-state index < -0.39 is 0 Å². The average Bonchev–Trinajstić information content (AvgIpc) is 2.71. The van der Waals surface area contributed by atoms with E-state index in [-0.39, 0.29) is 16.8 Å². The van der Waals surface area contributed by atoms with Crippen LogP contribution >= 0.6 is 0 Å². The van der Waals surface area contributed by atoms with Crippen LogP contribution in [0.1, 0.15) is 75.3 Å². The van der Waals surface area contributed by atoms with E-state index in [2.05, 4.69) is 45.0 Å². The monoisotopic (exact) mass is 405 g/mol. The van der Waals surface area contributed by atoms with Crippen molar-refractivity contribution in [2.75, 3.05) is 6.61 Å². The Morgan fingerprint density at radius 2 is 1.70 bits per heavy atom. The lowest BCUT2D eigenvalue weighted by molar-refractivity contribution is -0.137. The molecule has 1 aliphatic rings. The van der Waals surface area contributed by atoms with Crippen molar-refractivity contribution < 1.29 is 14.7 Å². The Kier molecular flexibility index (Phi) is 6.16. The van der Waals surface area contributed by atoms with Crippen LogP contribution in [0.25, 0.3) is 6.08 Å². The summed E-state index contributed by atoms with van der Waals surface area (Å²) in [5.74, 6) is -0.376. The number of ether oxygens (including phenoxy) is 1. The normalized spacial score (nSPS) is 17.6. The smallest absolute Gasteiger partial charge is 0.330 e. The van der Waals surface area contributed by atoms with Crippen LogP contribution in [0.5, 0.6) is 0 Å². The van der Waals surface area contributed by atoms with E-state index in [1.54, 1.807) is 13.0 Å². The van der Waals surface area contributed by atoms with Gasteiger partial charge in [-0.15, -0.1) is 0 Å². The summed E-state index contributed by atoms with van der Waals surface area (Å²) in [7, 11) is 0. The standard InChI is InChI=1S/C26H31NO3/c1-6-30-23(28)13-10-18-8-7-9-19(16-18)24(27-29)20-11-12-21-22(17-20)26(4,5)15-14-25(21,2)3/h7-13,16-17,29H,6,14-15H2,1-5H3/b13-10+,27-24-. The minimum atomic E-state index is -0.376. The molecule has 0 saturated heterocycles. The van der Waals surface area contributed by atoms with Gasteiger partial charge in [0.25, 0.3) is 0 Å². The first-order valence-corrected chi connectivity index (χ1v) is 10.5. The van der Waals surface area contributed by atoms with Crippen molar-refractivity contribution in [2.45, 2.75) is 58.3 Å². The summed E-state index contributed by atoms with van der Waals surface area (Å²) in [6.07, 6.45) is 5.38. The maximum Gasteiger partial charge on any atom is 0.330 e. The van der Waals surface area contributed by atoms with Crippen molar-refractivity contribution in [2.24, 2.45) is 5.16 Å². The molecule has 0 atom stereocenters. The molecular weight excluding hydrogens is 374 g/mol. The van der Waals surface area contributed by atoms with Crippen molar-refractivity contribution >= 4 is 17.8 Å². The molecule has 0 spiro atoms. The Balaban J connectivity index is 1.98. The molecule has 2 aromatic rings. The van der Waals surface area contributed by atoms with E-state index in [4.69, 9.17) is 4.74 Å². The van der Waals surface area contributed by atoms with Crippen LogP contribution < -0.4 is 0 Å². The number of rotatable bonds is 5. The Morgan fingerprint density at radius 3 is 2.37 bits per heavy atom. The molecule has 0 amide bonds. The minimum Gasteiger partial charge on any atom is -0.463 e. The van der Waals surface area contributed by atoms with Gasteiger partial charge >= 0.3 is 5.97 Å². The van der Waals surface area contributed by atoms with Gasteiger partial charge in [0.15, 0.2) is 0 Å². The molecule has 158 valence electrons. The average molecular weight is 406 g/mol. The highest BCUT2D eigenvalue weighted by Gasteiger charge is 2.37. The second-order valence-corrected chi connectivity index (χ2v) is 9.19. The highest BCUT2D eigenvalue weighted by Crippen LogP contribution is 2.46. The highest BCUT2D eigenvalue weighted by atomic mass is 16.5. The third-order valence-corrected chi connectivity index (χ3v) is 6.08. The first kappa shape index (κ1) is 21.8. The van der Waals surface area contributed by atoms with E-state index in [0.29, 0.717) is 12.3 Å². The fourth-order valence-electron chi connectivity index (χ4n) is 4.16. The summed E-state index contributed by atoms with van der Waals surface area (Å²) in [5, 5.41) is 13.5. The van der Waals surface area contributed by atoms with E-state index in [1.807, 2.05) is 30.3 Å². The number of hydrogen-bond acceptors (Lipinski definition) is 4. The lowest BCUT2D eigenvalue weighted by Crippen LogP contribution is -2.34. The van der Waals surface area contributed by atoms with Crippen LogP contribution in [-0.4, -0.2) is 23.5 Å². The van der Waals surface area contributed by atoms with Crippen molar-refractivity contribution in [3.63, 3.8) is 0 Å². The molecule has 0 radical (unpaired) electrons. The van der Waals surface area contributed by atoms with Crippen molar-refractivity contribution in [3.8, 4) is 0 Å². The Morgan fingerprint density at radius 1 is 1.03 bits per heavy atom. The topological polar surface area (TPSA) is 58.9 Å². The predicted molar refractivity (Wildman–Crippen MR) is 121 cm³/mol. The number of benzene rings is 2. The van der Waals surface area contributed by atoms with Crippen LogP contribution in [0.15, 0.2) is 53.7 Å². The zero-order valence-corrected chi connectivity index (χ0v) is 18.5. The molecule has 1 aliphatic carbocycles. The molecule has 1 N–H and O–H groups in total. The number of nitrogens with zero attached hydrogens (tertiary/aromatic N) is 1. The van der Waals surface area contributed by atoms with Crippen LogP contribution in [-0.2, 0) is 20.4 Å². The first-order chi connectivity index (χ1) is 14.2. The highest BCUT2D eigenvalue weighted by molar-refractivity contribution is 6.13. The maximum absolute atomic E-state index is 11.6. The molecule has 2 aromatic carbocycles. The number of esters is 1. The third-order valence-electron chi connectivity index (χ3n) is 6.08. The Hall–Kier alpha value is -2.88. The van der Waals surface area contributed by atoms with Gasteiger partial charge in [-0.25, -0.2) is 4.79 Å². The first-order valence-electron chi connectivity index (χ1n) is 10.5. The maximum atomic E-state index is 11.6. The van der Waals surface area contributed by atoms with E-state index in [1.165, 1.54) is 17.2 Å². The molecular formula is C26H31NO3. The SMILES string of the molecule is CCOC(=O)/C=C/c1cccc(/C(=N/O)c2ccc3c(c2)C(C)(C)CCC3(C)C)c1. The molecule has 0 heterocycles. The molecule has 3 rings (SSSR count). The molecule has 0 aliphatic heterocycles. The summed E-state index contributed by atoms with van der Waals surface area (Å²) in [6.45, 7) is 11.3. The van der Waals surface area contributed by atoms with Gasteiger partial charge in [-0.1, -0.05) is 63.2 Å². The lowest BCUT2D eigenvalue weighted by Gasteiger charge is -2.42. The third kappa shape index (κ3) is 4.48. The summed E-state index contributed by atoms with van der Waals surface area (Å²) in [6, 6.07) is 14.0. The van der Waals surface area contributed by atoms with Gasteiger partial charge in [0.2, 0.25) is 0 Å². The second-order valence-electron chi connectivity index (χ2n) is 9.19. The zero-order chi connectivity index (χ0) is 21.9. The summed E-state index contributed by atoms with van der Waals surface area (Å²) < 4.78 is 4.93. The molecule has 0 saturated carbocycles. The number of hydrogen-bond donors (Lipinski definition) is 1. The van der Waals surface area contributed by atoms with Crippen molar-refractivity contribution in [1.29, 1.82) is 0 Å². The summed E-state index contributed by atoms with van der Waals surface area (Å²) in [4.78, 5) is 11.6. The van der Waals surface area contributed by atoms with Crippen molar-refractivity contribution in [3.05, 3.63) is 76.4 Å². The van der Waals surface area contributed by atoms with Crippen LogP contribution in [0.2, 0.25) is 0 Å². The molecule has 4 heteroatoms. The van der Waals surface area contributed by atoms with Crippen LogP contribution in [0.4, 0.5) is 0 Å². The van der Waals surface area contributed by atoms with Crippen LogP contribution in [0.3, 0.4) is 0 Å². The number of carbonyl (C=O) groups excluding carboxylic acids is 1. The van der Waals surface area contributed by atoms with Gasteiger partial charge in [-0.05, 0) is 65.5 Å². The molecule has 30 heavy (non-hydrogen) atoms. The quantitative estimate of drug-likeness (QED) is 0.224. The largest absolute Gasteiger partial charge is 0.463 e. The molecule has 0 bridgehead atoms. The summed E-state index contributed by atoms with van der Waals surface area (Å²) >= 11 is 0. The number of fused-ring (bicyclic) bond motifs is 1. The predicted octanol–water partition coefficient (Wildman–Crippen LogP) is 5.84. The Bertz CT molecular complexity index is 999. The van der Waals surface area contributed by atoms with Gasteiger partial charge in [-0.3, -0.25) is 0 Å². The van der Waals surface area contributed by atoms with Gasteiger partial charge in [-0.2, -0.15) is 0 Å². The molecule has 0 aromatic heterocycles. The Labute approximate surface area is 179 Å². The van der Waals surface area contributed by atoms with E-state index in [0.717, 1.165) is 29.5 Å². The minimum absolute atomic E-state index is 0.0751. The van der Waals surface area contributed by atoms with Gasteiger partial charge in [0.05, 0.1) is 6.61 Å². The van der Waals surface area contributed by atoms with E-state index >= 15 is 0 Å². The summed E-state index contributed by atoms with van der Waals surface area (Å²) in [5.41, 5.74) is 5.92. The van der Waals surface area contributed by atoms with Gasteiger partial charge in [0.1, 0.15) is 5.71 Å². The zero-order valence-electron chi connectivity index (χ0n) is 18.5. The van der Waals surface area contributed by atoms with Gasteiger partial charge < -0.3 is 9.94 Å². The van der Waals surface area contributed by atoms with E-state index in [9.17, 15) is 10.0 Å². The van der Waals surface area contributed by atoms with Gasteiger partial charge in [0, 0.05) is 17.2 Å². The van der Waals surface area contributed by atoms with Crippen molar-refractivity contribution in [1.82, 2.24) is 0 Å². The molecule has 0 fully saturated rings.